The Labute approximate surface area is 205 Å². The van der Waals surface area contributed by atoms with E-state index in [-0.39, 0.29) is 11.6 Å². The minimum Gasteiger partial charge on any atom is -0.496 e. The zero-order chi connectivity index (χ0) is 24.8. The van der Waals surface area contributed by atoms with E-state index in [4.69, 9.17) is 15.2 Å². The molecule has 4 aromatic carbocycles. The Bertz CT molecular complexity index is 1330. The van der Waals surface area contributed by atoms with Gasteiger partial charge >= 0.3 is 0 Å². The first-order valence-corrected chi connectivity index (χ1v) is 11.3. The monoisotopic (exact) mass is 465 g/mol. The van der Waals surface area contributed by atoms with Crippen molar-refractivity contribution in [2.24, 2.45) is 5.73 Å². The first-order valence-electron chi connectivity index (χ1n) is 11.3. The van der Waals surface area contributed by atoms with Crippen molar-refractivity contribution < 1.29 is 19.1 Å². The van der Waals surface area contributed by atoms with Crippen molar-refractivity contribution in [3.05, 3.63) is 130 Å². The molecule has 5 heteroatoms. The fourth-order valence-electron chi connectivity index (χ4n) is 4.06. The number of methoxy groups -OCH3 is 2. The van der Waals surface area contributed by atoms with E-state index in [9.17, 15) is 9.59 Å². The van der Waals surface area contributed by atoms with Gasteiger partial charge in [-0.05, 0) is 41.8 Å². The second kappa shape index (κ2) is 10.8. The first kappa shape index (κ1) is 23.9. The normalized spacial score (nSPS) is 11.5. The molecule has 0 saturated carbocycles. The van der Waals surface area contributed by atoms with Crippen LogP contribution in [0.5, 0.6) is 11.5 Å². The standard InChI is InChI=1S/C30H27NO4/c1-34-27-15-13-20(17-24(27)29(32)21-9-5-3-6-10-21)18-26(31)23-14-16-28(35-2)25(19-23)30(33)22-11-7-4-8-12-22/h3-17,19,26H,18,31H2,1-2H3. The lowest BCUT2D eigenvalue weighted by Crippen LogP contribution is -2.15. The molecule has 1 unspecified atom stereocenters. The van der Waals surface area contributed by atoms with Crippen LogP contribution in [0.3, 0.4) is 0 Å². The zero-order valence-electron chi connectivity index (χ0n) is 19.7. The van der Waals surface area contributed by atoms with Crippen LogP contribution in [0.25, 0.3) is 0 Å². The number of ether oxygens (including phenoxy) is 2. The molecular weight excluding hydrogens is 438 g/mol. The summed E-state index contributed by atoms with van der Waals surface area (Å²) in [5.74, 6) is 0.765. The van der Waals surface area contributed by atoms with Gasteiger partial charge in [-0.15, -0.1) is 0 Å². The lowest BCUT2D eigenvalue weighted by atomic mass is 9.93. The summed E-state index contributed by atoms with van der Waals surface area (Å²) in [5.41, 5.74) is 10.4. The van der Waals surface area contributed by atoms with E-state index in [2.05, 4.69) is 0 Å². The Hall–Kier alpha value is -4.22. The van der Waals surface area contributed by atoms with Crippen LogP contribution in [0.4, 0.5) is 0 Å². The van der Waals surface area contributed by atoms with Crippen LogP contribution in [-0.2, 0) is 6.42 Å². The van der Waals surface area contributed by atoms with E-state index < -0.39 is 6.04 Å². The topological polar surface area (TPSA) is 78.6 Å². The molecule has 0 bridgehead atoms. The maximum absolute atomic E-state index is 13.1. The van der Waals surface area contributed by atoms with E-state index >= 15 is 0 Å². The van der Waals surface area contributed by atoms with Crippen molar-refractivity contribution in [2.45, 2.75) is 12.5 Å². The molecule has 5 nitrogen and oxygen atoms in total. The van der Waals surface area contributed by atoms with Crippen LogP contribution in [0, 0.1) is 0 Å². The average molecular weight is 466 g/mol. The van der Waals surface area contributed by atoms with Gasteiger partial charge in [0.15, 0.2) is 11.6 Å². The van der Waals surface area contributed by atoms with Crippen LogP contribution in [0.15, 0.2) is 97.1 Å². The molecule has 0 fully saturated rings. The average Bonchev–Trinajstić information content (AvgIpc) is 2.92. The van der Waals surface area contributed by atoms with Gasteiger partial charge in [0.1, 0.15) is 11.5 Å². The van der Waals surface area contributed by atoms with E-state index in [1.807, 2.05) is 54.6 Å². The molecule has 4 aromatic rings. The van der Waals surface area contributed by atoms with Crippen LogP contribution in [-0.4, -0.2) is 25.8 Å². The number of hydrogen-bond acceptors (Lipinski definition) is 5. The molecule has 4 rings (SSSR count). The molecule has 0 aromatic heterocycles. The largest absolute Gasteiger partial charge is 0.496 e. The predicted molar refractivity (Wildman–Crippen MR) is 136 cm³/mol. The van der Waals surface area contributed by atoms with Crippen molar-refractivity contribution in [1.82, 2.24) is 0 Å². The van der Waals surface area contributed by atoms with E-state index in [0.29, 0.717) is 40.2 Å². The molecule has 0 aliphatic heterocycles. The predicted octanol–water partition coefficient (Wildman–Crippen LogP) is 5.41. The van der Waals surface area contributed by atoms with E-state index in [1.54, 1.807) is 56.7 Å². The molecular formula is C30H27NO4. The van der Waals surface area contributed by atoms with Crippen molar-refractivity contribution in [2.75, 3.05) is 14.2 Å². The molecule has 0 radical (unpaired) electrons. The summed E-state index contributed by atoms with van der Waals surface area (Å²) < 4.78 is 10.9. The third-order valence-electron chi connectivity index (χ3n) is 5.93. The molecule has 1 atom stereocenters. The number of hydrogen-bond donors (Lipinski definition) is 1. The summed E-state index contributed by atoms with van der Waals surface area (Å²) in [5, 5.41) is 0. The molecule has 0 aliphatic rings. The molecule has 35 heavy (non-hydrogen) atoms. The van der Waals surface area contributed by atoms with Gasteiger partial charge in [0.25, 0.3) is 0 Å². The molecule has 0 spiro atoms. The van der Waals surface area contributed by atoms with E-state index in [0.717, 1.165) is 11.1 Å². The second-order valence-corrected chi connectivity index (χ2v) is 8.20. The number of nitrogens with two attached hydrogens (primary N) is 1. The summed E-state index contributed by atoms with van der Waals surface area (Å²) in [6.07, 6.45) is 0.477. The van der Waals surface area contributed by atoms with E-state index in [1.165, 1.54) is 0 Å². The van der Waals surface area contributed by atoms with Crippen molar-refractivity contribution in [1.29, 1.82) is 0 Å². The lowest BCUT2D eigenvalue weighted by Gasteiger charge is -2.17. The Kier molecular flexibility index (Phi) is 7.38. The van der Waals surface area contributed by atoms with Gasteiger partial charge in [0, 0.05) is 17.2 Å². The molecule has 0 aliphatic carbocycles. The minimum absolute atomic E-state index is 0.113. The maximum Gasteiger partial charge on any atom is 0.196 e. The first-order chi connectivity index (χ1) is 17.0. The van der Waals surface area contributed by atoms with Gasteiger partial charge in [-0.1, -0.05) is 72.8 Å². The molecule has 0 amide bonds. The summed E-state index contributed by atoms with van der Waals surface area (Å²) in [7, 11) is 3.09. The highest BCUT2D eigenvalue weighted by atomic mass is 16.5. The van der Waals surface area contributed by atoms with Crippen LogP contribution in [0.1, 0.15) is 49.0 Å². The number of carbonyl (C=O) groups excluding carboxylic acids is 2. The van der Waals surface area contributed by atoms with Gasteiger partial charge in [-0.2, -0.15) is 0 Å². The van der Waals surface area contributed by atoms with Gasteiger partial charge in [-0.25, -0.2) is 0 Å². The fourth-order valence-corrected chi connectivity index (χ4v) is 4.06. The quantitative estimate of drug-likeness (QED) is 0.335. The Balaban J connectivity index is 1.62. The third-order valence-corrected chi connectivity index (χ3v) is 5.93. The van der Waals surface area contributed by atoms with Crippen LogP contribution >= 0.6 is 0 Å². The molecule has 0 saturated heterocycles. The Morgan fingerprint density at radius 2 is 1.17 bits per heavy atom. The van der Waals surface area contributed by atoms with Gasteiger partial charge in [0.2, 0.25) is 0 Å². The second-order valence-electron chi connectivity index (χ2n) is 8.20. The smallest absolute Gasteiger partial charge is 0.196 e. The highest BCUT2D eigenvalue weighted by molar-refractivity contribution is 6.11. The molecule has 176 valence electrons. The number of ketones is 2. The van der Waals surface area contributed by atoms with Crippen LogP contribution in [0.2, 0.25) is 0 Å². The number of rotatable bonds is 9. The molecule has 0 heterocycles. The van der Waals surface area contributed by atoms with Crippen molar-refractivity contribution in [3.8, 4) is 11.5 Å². The Morgan fingerprint density at radius 1 is 0.686 bits per heavy atom. The van der Waals surface area contributed by atoms with Gasteiger partial charge in [0.05, 0.1) is 25.3 Å². The highest BCUT2D eigenvalue weighted by Gasteiger charge is 2.19. The highest BCUT2D eigenvalue weighted by Crippen LogP contribution is 2.29. The fraction of sp³-hybridized carbons (Fsp3) is 0.133. The molecule has 2 N–H and O–H groups in total. The van der Waals surface area contributed by atoms with Crippen molar-refractivity contribution in [3.63, 3.8) is 0 Å². The SMILES string of the molecule is COc1ccc(CC(N)c2ccc(OC)c(C(=O)c3ccccc3)c2)cc1C(=O)c1ccccc1. The summed E-state index contributed by atoms with van der Waals surface area (Å²) in [6.45, 7) is 0. The summed E-state index contributed by atoms with van der Waals surface area (Å²) in [4.78, 5) is 26.2. The van der Waals surface area contributed by atoms with Gasteiger partial charge in [-0.3, -0.25) is 9.59 Å². The minimum atomic E-state index is -0.392. The maximum atomic E-state index is 13.1. The summed E-state index contributed by atoms with van der Waals surface area (Å²) in [6, 6.07) is 28.7. The Morgan fingerprint density at radius 3 is 1.69 bits per heavy atom. The number of benzene rings is 4. The summed E-state index contributed by atoms with van der Waals surface area (Å²) >= 11 is 0. The van der Waals surface area contributed by atoms with Gasteiger partial charge < -0.3 is 15.2 Å². The number of carbonyl (C=O) groups is 2. The van der Waals surface area contributed by atoms with Crippen molar-refractivity contribution >= 4 is 11.6 Å². The third kappa shape index (κ3) is 5.31. The lowest BCUT2D eigenvalue weighted by molar-refractivity contribution is 0.102. The zero-order valence-corrected chi connectivity index (χ0v) is 19.7. The van der Waals surface area contributed by atoms with Crippen LogP contribution < -0.4 is 15.2 Å².